The lowest BCUT2D eigenvalue weighted by atomic mass is 10.1. The molecular weight excluding hydrogens is 326 g/mol. The van der Waals surface area contributed by atoms with Gasteiger partial charge in [0, 0.05) is 16.1 Å². The SMILES string of the molecule is CCN(CC(=O)NC(C)(C)C)Cc1ncc(-c2ccc(Cl)cc2)o1. The molecule has 0 bridgehead atoms. The third-order valence-corrected chi connectivity index (χ3v) is 3.62. The topological polar surface area (TPSA) is 58.4 Å². The zero-order valence-electron chi connectivity index (χ0n) is 14.6. The van der Waals surface area contributed by atoms with Crippen LogP contribution >= 0.6 is 11.6 Å². The highest BCUT2D eigenvalue weighted by molar-refractivity contribution is 6.30. The largest absolute Gasteiger partial charge is 0.439 e. The van der Waals surface area contributed by atoms with Gasteiger partial charge in [-0.15, -0.1) is 0 Å². The lowest BCUT2D eigenvalue weighted by Gasteiger charge is -2.24. The molecule has 0 spiro atoms. The van der Waals surface area contributed by atoms with E-state index >= 15 is 0 Å². The van der Waals surface area contributed by atoms with E-state index in [1.54, 1.807) is 6.20 Å². The van der Waals surface area contributed by atoms with Gasteiger partial charge in [0.25, 0.3) is 0 Å². The lowest BCUT2D eigenvalue weighted by molar-refractivity contribution is -0.123. The Bertz CT molecular complexity index is 674. The fourth-order valence-corrected chi connectivity index (χ4v) is 2.39. The fourth-order valence-electron chi connectivity index (χ4n) is 2.26. The number of likely N-dealkylation sites (N-methyl/N-ethyl adjacent to an activating group) is 1. The van der Waals surface area contributed by atoms with Gasteiger partial charge in [-0.25, -0.2) is 4.98 Å². The van der Waals surface area contributed by atoms with Crippen LogP contribution in [0.3, 0.4) is 0 Å². The monoisotopic (exact) mass is 349 g/mol. The summed E-state index contributed by atoms with van der Waals surface area (Å²) in [6, 6.07) is 7.41. The number of amides is 1. The Labute approximate surface area is 148 Å². The molecule has 0 aliphatic rings. The van der Waals surface area contributed by atoms with Crippen molar-refractivity contribution in [2.24, 2.45) is 0 Å². The highest BCUT2D eigenvalue weighted by atomic mass is 35.5. The first-order valence-corrected chi connectivity index (χ1v) is 8.38. The average molecular weight is 350 g/mol. The molecule has 5 nitrogen and oxygen atoms in total. The molecule has 2 rings (SSSR count). The molecule has 1 amide bonds. The standard InChI is InChI=1S/C18H24ClN3O2/c1-5-22(11-16(23)21-18(2,3)4)12-17-20-10-15(24-17)13-6-8-14(19)9-7-13/h6-10H,5,11-12H2,1-4H3,(H,21,23). The summed E-state index contributed by atoms with van der Waals surface area (Å²) in [5.74, 6) is 1.27. The number of carbonyl (C=O) groups excluding carboxylic acids is 1. The Morgan fingerprint density at radius 2 is 1.96 bits per heavy atom. The van der Waals surface area contributed by atoms with Crippen molar-refractivity contribution in [3.05, 3.63) is 41.4 Å². The number of aromatic nitrogens is 1. The smallest absolute Gasteiger partial charge is 0.234 e. The summed E-state index contributed by atoms with van der Waals surface area (Å²) >= 11 is 5.90. The minimum atomic E-state index is -0.235. The van der Waals surface area contributed by atoms with Crippen LogP contribution in [0.5, 0.6) is 0 Å². The normalized spacial score (nSPS) is 11.8. The molecule has 0 unspecified atom stereocenters. The number of halogens is 1. The van der Waals surface area contributed by atoms with Crippen molar-refractivity contribution >= 4 is 17.5 Å². The van der Waals surface area contributed by atoms with Crippen molar-refractivity contribution in [1.29, 1.82) is 0 Å². The molecule has 1 N–H and O–H groups in total. The van der Waals surface area contributed by atoms with Gasteiger partial charge in [0.05, 0.1) is 19.3 Å². The van der Waals surface area contributed by atoms with E-state index in [9.17, 15) is 4.79 Å². The molecule has 6 heteroatoms. The maximum Gasteiger partial charge on any atom is 0.234 e. The molecule has 0 fully saturated rings. The predicted octanol–water partition coefficient (Wildman–Crippen LogP) is 3.73. The summed E-state index contributed by atoms with van der Waals surface area (Å²) < 4.78 is 5.80. The molecule has 0 aliphatic carbocycles. The number of hydrogen-bond acceptors (Lipinski definition) is 4. The van der Waals surface area contributed by atoms with E-state index in [0.717, 1.165) is 12.1 Å². The highest BCUT2D eigenvalue weighted by Crippen LogP contribution is 2.22. The summed E-state index contributed by atoms with van der Waals surface area (Å²) in [5.41, 5.74) is 0.688. The summed E-state index contributed by atoms with van der Waals surface area (Å²) in [6.45, 7) is 9.44. The van der Waals surface area contributed by atoms with Gasteiger partial charge in [0.1, 0.15) is 0 Å². The number of hydrogen-bond donors (Lipinski definition) is 1. The first-order chi connectivity index (χ1) is 11.3. The van der Waals surface area contributed by atoms with Crippen LogP contribution in [0.4, 0.5) is 0 Å². The third kappa shape index (κ3) is 5.65. The minimum absolute atomic E-state index is 0.00571. The molecule has 1 aromatic heterocycles. The van der Waals surface area contributed by atoms with Crippen LogP contribution in [-0.4, -0.2) is 34.4 Å². The van der Waals surface area contributed by atoms with Crippen molar-refractivity contribution in [3.63, 3.8) is 0 Å². The fraction of sp³-hybridized carbons (Fsp3) is 0.444. The predicted molar refractivity (Wildman–Crippen MR) is 95.8 cm³/mol. The van der Waals surface area contributed by atoms with Gasteiger partial charge in [-0.05, 0) is 51.6 Å². The second-order valence-electron chi connectivity index (χ2n) is 6.73. The number of nitrogens with zero attached hydrogens (tertiary/aromatic N) is 2. The minimum Gasteiger partial charge on any atom is -0.439 e. The molecule has 0 radical (unpaired) electrons. The van der Waals surface area contributed by atoms with Crippen molar-refractivity contribution in [2.45, 2.75) is 39.8 Å². The first kappa shape index (κ1) is 18.5. The molecule has 1 aromatic carbocycles. The average Bonchev–Trinajstić information content (AvgIpc) is 2.94. The first-order valence-electron chi connectivity index (χ1n) is 8.01. The molecular formula is C18H24ClN3O2. The summed E-state index contributed by atoms with van der Waals surface area (Å²) in [4.78, 5) is 18.4. The van der Waals surface area contributed by atoms with E-state index in [2.05, 4.69) is 10.3 Å². The molecule has 2 aromatic rings. The van der Waals surface area contributed by atoms with Gasteiger partial charge in [-0.2, -0.15) is 0 Å². The van der Waals surface area contributed by atoms with Crippen LogP contribution in [0.15, 0.2) is 34.9 Å². The van der Waals surface area contributed by atoms with Gasteiger partial charge in [0.15, 0.2) is 5.76 Å². The van der Waals surface area contributed by atoms with Gasteiger partial charge in [0.2, 0.25) is 11.8 Å². The summed E-state index contributed by atoms with van der Waals surface area (Å²) in [6.07, 6.45) is 1.70. The van der Waals surface area contributed by atoms with E-state index in [0.29, 0.717) is 29.8 Å². The Morgan fingerprint density at radius 1 is 1.29 bits per heavy atom. The molecule has 130 valence electrons. The van der Waals surface area contributed by atoms with Crippen molar-refractivity contribution in [1.82, 2.24) is 15.2 Å². The van der Waals surface area contributed by atoms with Crippen molar-refractivity contribution in [3.8, 4) is 11.3 Å². The van der Waals surface area contributed by atoms with Crippen LogP contribution in [0.25, 0.3) is 11.3 Å². The second kappa shape index (κ2) is 7.81. The summed E-state index contributed by atoms with van der Waals surface area (Å²) in [5, 5.41) is 3.64. The highest BCUT2D eigenvalue weighted by Gasteiger charge is 2.17. The second-order valence-corrected chi connectivity index (χ2v) is 7.16. The van der Waals surface area contributed by atoms with Gasteiger partial charge >= 0.3 is 0 Å². The molecule has 24 heavy (non-hydrogen) atoms. The van der Waals surface area contributed by atoms with Gasteiger partial charge in [-0.3, -0.25) is 9.69 Å². The number of carbonyl (C=O) groups is 1. The summed E-state index contributed by atoms with van der Waals surface area (Å²) in [7, 11) is 0. The van der Waals surface area contributed by atoms with Crippen molar-refractivity contribution < 1.29 is 9.21 Å². The van der Waals surface area contributed by atoms with Crippen LogP contribution < -0.4 is 5.32 Å². The molecule has 0 aliphatic heterocycles. The molecule has 0 atom stereocenters. The zero-order chi connectivity index (χ0) is 17.7. The van der Waals surface area contributed by atoms with Crippen LogP contribution in [-0.2, 0) is 11.3 Å². The van der Waals surface area contributed by atoms with Gasteiger partial charge < -0.3 is 9.73 Å². The quantitative estimate of drug-likeness (QED) is 0.863. The Morgan fingerprint density at radius 3 is 2.54 bits per heavy atom. The van der Waals surface area contributed by atoms with Crippen molar-refractivity contribution in [2.75, 3.05) is 13.1 Å². The van der Waals surface area contributed by atoms with E-state index in [-0.39, 0.29) is 11.4 Å². The third-order valence-electron chi connectivity index (χ3n) is 3.37. The number of rotatable bonds is 6. The number of nitrogens with one attached hydrogen (secondary N) is 1. The zero-order valence-corrected chi connectivity index (χ0v) is 15.4. The van der Waals surface area contributed by atoms with Crippen LogP contribution in [0.2, 0.25) is 5.02 Å². The van der Waals surface area contributed by atoms with Gasteiger partial charge in [-0.1, -0.05) is 18.5 Å². The molecule has 0 saturated carbocycles. The Balaban J connectivity index is 1.99. The number of benzene rings is 1. The Hall–Kier alpha value is -1.85. The van der Waals surface area contributed by atoms with Crippen LogP contribution in [0, 0.1) is 0 Å². The van der Waals surface area contributed by atoms with E-state index < -0.39 is 0 Å². The molecule has 1 heterocycles. The lowest BCUT2D eigenvalue weighted by Crippen LogP contribution is -2.45. The maximum absolute atomic E-state index is 12.1. The van der Waals surface area contributed by atoms with Crippen LogP contribution in [0.1, 0.15) is 33.6 Å². The molecule has 0 saturated heterocycles. The Kier molecular flexibility index (Phi) is 6.02. The van der Waals surface area contributed by atoms with E-state index in [1.165, 1.54) is 0 Å². The number of oxazole rings is 1. The maximum atomic E-state index is 12.1. The van der Waals surface area contributed by atoms with E-state index in [1.807, 2.05) is 56.9 Å². The van der Waals surface area contributed by atoms with E-state index in [4.69, 9.17) is 16.0 Å².